The number of hydrogen-bond acceptors (Lipinski definition) is 4. The third-order valence-electron chi connectivity index (χ3n) is 4.55. The third-order valence-corrected chi connectivity index (χ3v) is 4.55. The van der Waals surface area contributed by atoms with Crippen LogP contribution in [-0.4, -0.2) is 26.2 Å². The van der Waals surface area contributed by atoms with Gasteiger partial charge in [0.1, 0.15) is 5.65 Å². The van der Waals surface area contributed by atoms with E-state index in [1.54, 1.807) is 36.8 Å². The second-order valence-electron chi connectivity index (χ2n) is 6.60. The lowest BCUT2D eigenvalue weighted by Gasteiger charge is -2.07. The summed E-state index contributed by atoms with van der Waals surface area (Å²) in [5.74, 6) is -0.923. The zero-order chi connectivity index (χ0) is 19.7. The summed E-state index contributed by atoms with van der Waals surface area (Å²) in [7, 11) is 0. The minimum absolute atomic E-state index is 0.342. The highest BCUT2D eigenvalue weighted by Crippen LogP contribution is 2.21. The van der Waals surface area contributed by atoms with Gasteiger partial charge in [-0.15, -0.1) is 0 Å². The molecule has 0 saturated heterocycles. The molecule has 0 atom stereocenters. The van der Waals surface area contributed by atoms with Gasteiger partial charge in [-0.25, -0.2) is 4.98 Å². The number of pyridine rings is 1. The number of nitrogens with zero attached hydrogens (tertiary/aromatic N) is 3. The largest absolute Gasteiger partial charge is 0.305 e. The van der Waals surface area contributed by atoms with E-state index in [9.17, 15) is 9.59 Å². The van der Waals surface area contributed by atoms with Crippen LogP contribution in [0.15, 0.2) is 67.1 Å². The molecule has 1 aromatic carbocycles. The van der Waals surface area contributed by atoms with Crippen molar-refractivity contribution in [3.8, 4) is 11.3 Å². The van der Waals surface area contributed by atoms with Crippen LogP contribution in [0.3, 0.4) is 0 Å². The Morgan fingerprint density at radius 1 is 1.00 bits per heavy atom. The van der Waals surface area contributed by atoms with Crippen molar-refractivity contribution in [3.05, 3.63) is 89.5 Å². The Hall–Kier alpha value is -3.80. The molecule has 28 heavy (non-hydrogen) atoms. The van der Waals surface area contributed by atoms with E-state index < -0.39 is 11.8 Å². The second kappa shape index (κ2) is 7.08. The van der Waals surface area contributed by atoms with Crippen molar-refractivity contribution in [1.82, 2.24) is 19.7 Å². The minimum Gasteiger partial charge on any atom is -0.305 e. The molecule has 1 N–H and O–H groups in total. The molecule has 2 amide bonds. The standard InChI is InChI=1S/C22H18N4O2/c1-14-5-7-16(8-6-14)21(27)25-22(28)18-9-11-26-15(2)12-19(24-20(18)26)17-4-3-10-23-13-17/h3-13H,1-2H3,(H,25,27,28). The molecule has 3 aromatic heterocycles. The summed E-state index contributed by atoms with van der Waals surface area (Å²) in [5, 5.41) is 2.45. The highest BCUT2D eigenvalue weighted by atomic mass is 16.2. The van der Waals surface area contributed by atoms with Gasteiger partial charge in [-0.3, -0.25) is 19.9 Å². The monoisotopic (exact) mass is 370 g/mol. The lowest BCUT2D eigenvalue weighted by molar-refractivity contribution is 0.0850. The van der Waals surface area contributed by atoms with Crippen LogP contribution in [0.25, 0.3) is 16.9 Å². The molecule has 0 aliphatic heterocycles. The van der Waals surface area contributed by atoms with E-state index in [0.717, 1.165) is 22.5 Å². The van der Waals surface area contributed by atoms with Crippen molar-refractivity contribution in [2.75, 3.05) is 0 Å². The number of imide groups is 1. The quantitative estimate of drug-likeness (QED) is 0.559. The number of hydrogen-bond donors (Lipinski definition) is 1. The van der Waals surface area contributed by atoms with Crippen LogP contribution in [0.4, 0.5) is 0 Å². The average molecular weight is 370 g/mol. The molecule has 0 unspecified atom stereocenters. The summed E-state index contributed by atoms with van der Waals surface area (Å²) in [6.07, 6.45) is 5.19. The molecule has 4 aromatic rings. The zero-order valence-electron chi connectivity index (χ0n) is 15.5. The van der Waals surface area contributed by atoms with Gasteiger partial charge in [0, 0.05) is 35.4 Å². The zero-order valence-corrected chi connectivity index (χ0v) is 15.5. The summed E-state index contributed by atoms with van der Waals surface area (Å²) in [4.78, 5) is 33.9. The van der Waals surface area contributed by atoms with Crippen molar-refractivity contribution in [2.24, 2.45) is 0 Å². The predicted octanol–water partition coefficient (Wildman–Crippen LogP) is 3.58. The van der Waals surface area contributed by atoms with E-state index in [2.05, 4.69) is 15.3 Å². The fraction of sp³-hybridized carbons (Fsp3) is 0.0909. The number of benzene rings is 1. The maximum atomic E-state index is 12.7. The predicted molar refractivity (Wildman–Crippen MR) is 106 cm³/mol. The van der Waals surface area contributed by atoms with E-state index in [1.165, 1.54) is 0 Å². The molecule has 0 saturated carbocycles. The number of carbonyl (C=O) groups is 2. The molecule has 0 fully saturated rings. The molecule has 0 radical (unpaired) electrons. The van der Waals surface area contributed by atoms with Gasteiger partial charge in [0.15, 0.2) is 0 Å². The van der Waals surface area contributed by atoms with Gasteiger partial charge in [0.25, 0.3) is 11.8 Å². The molecule has 138 valence electrons. The van der Waals surface area contributed by atoms with Gasteiger partial charge in [0.2, 0.25) is 0 Å². The molecule has 0 spiro atoms. The first-order chi connectivity index (χ1) is 13.5. The Morgan fingerprint density at radius 2 is 1.79 bits per heavy atom. The summed E-state index contributed by atoms with van der Waals surface area (Å²) in [5.41, 5.74) is 4.81. The SMILES string of the molecule is Cc1ccc(C(=O)NC(=O)c2ccn3c(C)cc(-c4cccnc4)nc23)cc1. The fourth-order valence-corrected chi connectivity index (χ4v) is 3.02. The van der Waals surface area contributed by atoms with Crippen LogP contribution in [0.1, 0.15) is 32.0 Å². The van der Waals surface area contributed by atoms with Gasteiger partial charge >= 0.3 is 0 Å². The number of amides is 2. The molecular weight excluding hydrogens is 352 g/mol. The molecule has 0 bridgehead atoms. The summed E-state index contributed by atoms with van der Waals surface area (Å²) < 4.78 is 1.82. The number of fused-ring (bicyclic) bond motifs is 1. The summed E-state index contributed by atoms with van der Waals surface area (Å²) in [6, 6.07) is 14.4. The van der Waals surface area contributed by atoms with E-state index in [0.29, 0.717) is 16.8 Å². The Kier molecular flexibility index (Phi) is 4.45. The Bertz CT molecular complexity index is 1180. The first-order valence-electron chi connectivity index (χ1n) is 8.84. The Labute approximate surface area is 161 Å². The third kappa shape index (κ3) is 3.27. The smallest absolute Gasteiger partial charge is 0.261 e. The molecule has 4 rings (SSSR count). The summed E-state index contributed by atoms with van der Waals surface area (Å²) in [6.45, 7) is 3.88. The molecule has 0 aliphatic carbocycles. The summed E-state index contributed by atoms with van der Waals surface area (Å²) >= 11 is 0. The lowest BCUT2D eigenvalue weighted by atomic mass is 10.1. The number of aryl methyl sites for hydroxylation is 2. The van der Waals surface area contributed by atoms with Gasteiger partial charge in [-0.1, -0.05) is 17.7 Å². The first-order valence-corrected chi connectivity index (χ1v) is 8.84. The number of aromatic nitrogens is 3. The van der Waals surface area contributed by atoms with E-state index >= 15 is 0 Å². The van der Waals surface area contributed by atoms with Crippen LogP contribution in [0.2, 0.25) is 0 Å². The van der Waals surface area contributed by atoms with Crippen molar-refractivity contribution in [1.29, 1.82) is 0 Å². The van der Waals surface area contributed by atoms with E-state index in [4.69, 9.17) is 0 Å². The van der Waals surface area contributed by atoms with Gasteiger partial charge in [0.05, 0.1) is 11.3 Å². The number of rotatable bonds is 3. The van der Waals surface area contributed by atoms with E-state index in [-0.39, 0.29) is 0 Å². The van der Waals surface area contributed by atoms with Crippen LogP contribution >= 0.6 is 0 Å². The van der Waals surface area contributed by atoms with E-state index in [1.807, 2.05) is 48.6 Å². The normalized spacial score (nSPS) is 10.8. The molecule has 3 heterocycles. The molecule has 6 heteroatoms. The van der Waals surface area contributed by atoms with Crippen LogP contribution in [-0.2, 0) is 0 Å². The topological polar surface area (TPSA) is 76.4 Å². The maximum Gasteiger partial charge on any atom is 0.261 e. The lowest BCUT2D eigenvalue weighted by Crippen LogP contribution is -2.30. The molecular formula is C22H18N4O2. The fourth-order valence-electron chi connectivity index (χ4n) is 3.02. The number of nitrogens with one attached hydrogen (secondary N) is 1. The Morgan fingerprint density at radius 3 is 2.50 bits per heavy atom. The average Bonchev–Trinajstić information content (AvgIpc) is 3.14. The van der Waals surface area contributed by atoms with Crippen molar-refractivity contribution in [2.45, 2.75) is 13.8 Å². The maximum absolute atomic E-state index is 12.7. The van der Waals surface area contributed by atoms with Crippen LogP contribution in [0.5, 0.6) is 0 Å². The van der Waals surface area contributed by atoms with Crippen LogP contribution in [0, 0.1) is 13.8 Å². The molecule has 6 nitrogen and oxygen atoms in total. The minimum atomic E-state index is -0.483. The second-order valence-corrected chi connectivity index (χ2v) is 6.60. The molecule has 0 aliphatic rings. The van der Waals surface area contributed by atoms with Gasteiger partial charge < -0.3 is 4.40 Å². The Balaban J connectivity index is 1.68. The van der Waals surface area contributed by atoms with Crippen molar-refractivity contribution in [3.63, 3.8) is 0 Å². The highest BCUT2D eigenvalue weighted by Gasteiger charge is 2.18. The first kappa shape index (κ1) is 17.6. The van der Waals surface area contributed by atoms with Gasteiger partial charge in [-0.2, -0.15) is 0 Å². The highest BCUT2D eigenvalue weighted by molar-refractivity contribution is 6.12. The van der Waals surface area contributed by atoms with Crippen molar-refractivity contribution < 1.29 is 9.59 Å². The van der Waals surface area contributed by atoms with Crippen LogP contribution < -0.4 is 5.32 Å². The number of carbonyl (C=O) groups excluding carboxylic acids is 2. The van der Waals surface area contributed by atoms with Crippen molar-refractivity contribution >= 4 is 17.5 Å². The van der Waals surface area contributed by atoms with Gasteiger partial charge in [-0.05, 0) is 50.2 Å².